The van der Waals surface area contributed by atoms with Crippen molar-refractivity contribution >= 4 is 22.6 Å². The van der Waals surface area contributed by atoms with Gasteiger partial charge in [0.25, 0.3) is 0 Å². The Morgan fingerprint density at radius 1 is 1.10 bits per heavy atom. The van der Waals surface area contributed by atoms with E-state index in [4.69, 9.17) is 0 Å². The van der Waals surface area contributed by atoms with Gasteiger partial charge in [-0.1, -0.05) is 0 Å². The van der Waals surface area contributed by atoms with E-state index >= 15 is 0 Å². The summed E-state index contributed by atoms with van der Waals surface area (Å²) in [6.45, 7) is 3.64. The molecule has 6 heteroatoms. The number of rotatable bonds is 3. The molecule has 0 spiro atoms. The zero-order chi connectivity index (χ0) is 13.5. The van der Waals surface area contributed by atoms with E-state index in [2.05, 4.69) is 19.2 Å². The van der Waals surface area contributed by atoms with Crippen LogP contribution in [-0.4, -0.2) is 46.3 Å². The van der Waals surface area contributed by atoms with Gasteiger partial charge in [0.15, 0.2) is 0 Å². The van der Waals surface area contributed by atoms with Gasteiger partial charge in [-0.25, -0.2) is 4.98 Å². The monoisotopic (exact) mass is 292 g/mol. The molecule has 1 aliphatic heterocycles. The second-order valence-corrected chi connectivity index (χ2v) is 6.88. The van der Waals surface area contributed by atoms with Crippen molar-refractivity contribution in [3.63, 3.8) is 0 Å². The van der Waals surface area contributed by atoms with Crippen molar-refractivity contribution in [3.8, 4) is 0 Å². The normalized spacial score (nSPS) is 23.8. The summed E-state index contributed by atoms with van der Waals surface area (Å²) in [6, 6.07) is 0. The molecule has 0 aromatic carbocycles. The summed E-state index contributed by atoms with van der Waals surface area (Å²) >= 11 is 1.52. The van der Waals surface area contributed by atoms with Crippen LogP contribution in [0, 0.1) is 5.92 Å². The lowest BCUT2D eigenvalue weighted by molar-refractivity contribution is -0.132. The molecule has 2 saturated carbocycles. The summed E-state index contributed by atoms with van der Waals surface area (Å²) < 4.78 is 4.48. The maximum atomic E-state index is 12.1. The van der Waals surface area contributed by atoms with Crippen LogP contribution < -0.4 is 4.90 Å². The number of hydrogen-bond acceptors (Lipinski definition) is 5. The van der Waals surface area contributed by atoms with E-state index in [0.29, 0.717) is 17.7 Å². The molecule has 1 amide bonds. The summed E-state index contributed by atoms with van der Waals surface area (Å²) in [5.41, 5.74) is 0. The van der Waals surface area contributed by atoms with Crippen LogP contribution in [0.5, 0.6) is 0 Å². The van der Waals surface area contributed by atoms with Gasteiger partial charge in [-0.2, -0.15) is 4.37 Å². The zero-order valence-corrected chi connectivity index (χ0v) is 12.4. The van der Waals surface area contributed by atoms with Crippen LogP contribution in [0.3, 0.4) is 0 Å². The maximum absolute atomic E-state index is 12.1. The van der Waals surface area contributed by atoms with Gasteiger partial charge in [0.05, 0.1) is 0 Å². The Balaban J connectivity index is 1.40. The molecule has 4 rings (SSSR count). The average molecular weight is 292 g/mol. The smallest absolute Gasteiger partial charge is 0.225 e. The van der Waals surface area contributed by atoms with Crippen molar-refractivity contribution < 1.29 is 4.79 Å². The van der Waals surface area contributed by atoms with Crippen molar-refractivity contribution in [1.82, 2.24) is 14.3 Å². The Bertz CT molecular complexity index is 509. The Labute approximate surface area is 123 Å². The lowest BCUT2D eigenvalue weighted by Gasteiger charge is -2.21. The third-order valence-electron chi connectivity index (χ3n) is 4.38. The minimum atomic E-state index is 0.338. The molecule has 0 atom stereocenters. The Kier molecular flexibility index (Phi) is 3.13. The van der Waals surface area contributed by atoms with Gasteiger partial charge in [-0.15, -0.1) is 0 Å². The standard InChI is InChI=1S/C14H20N4OS/c19-13(11-4-5-11)17-6-1-7-18(9-8-17)14-15-12(16-20-14)10-2-3-10/h10-11H,1-9H2. The first kappa shape index (κ1) is 12.6. The lowest BCUT2D eigenvalue weighted by atomic mass is 10.3. The van der Waals surface area contributed by atoms with Crippen LogP contribution in [0.1, 0.15) is 43.8 Å². The molecule has 3 fully saturated rings. The van der Waals surface area contributed by atoms with E-state index in [0.717, 1.165) is 56.4 Å². The van der Waals surface area contributed by atoms with E-state index < -0.39 is 0 Å². The van der Waals surface area contributed by atoms with Crippen LogP contribution in [0.2, 0.25) is 0 Å². The fourth-order valence-electron chi connectivity index (χ4n) is 2.78. The van der Waals surface area contributed by atoms with Crippen molar-refractivity contribution in [3.05, 3.63) is 5.82 Å². The largest absolute Gasteiger partial charge is 0.345 e. The number of anilines is 1. The molecule has 1 aromatic heterocycles. The predicted octanol–water partition coefficient (Wildman–Crippen LogP) is 1.86. The second kappa shape index (κ2) is 4.98. The van der Waals surface area contributed by atoms with Crippen molar-refractivity contribution in [2.45, 2.75) is 38.0 Å². The number of nitrogens with zero attached hydrogens (tertiary/aromatic N) is 4. The Morgan fingerprint density at radius 3 is 2.70 bits per heavy atom. The summed E-state index contributed by atoms with van der Waals surface area (Å²) in [5.74, 6) is 2.38. The zero-order valence-electron chi connectivity index (χ0n) is 11.6. The van der Waals surface area contributed by atoms with Crippen molar-refractivity contribution in [1.29, 1.82) is 0 Å². The summed E-state index contributed by atoms with van der Waals surface area (Å²) in [7, 11) is 0. The molecule has 3 aliphatic rings. The van der Waals surface area contributed by atoms with Gasteiger partial charge in [0.2, 0.25) is 11.0 Å². The highest BCUT2D eigenvalue weighted by molar-refractivity contribution is 7.09. The summed E-state index contributed by atoms with van der Waals surface area (Å²) in [6.07, 6.45) is 5.73. The molecular formula is C14H20N4OS. The second-order valence-electron chi connectivity index (χ2n) is 6.15. The highest BCUT2D eigenvalue weighted by Gasteiger charge is 2.34. The third-order valence-corrected chi connectivity index (χ3v) is 5.17. The Hall–Kier alpha value is -1.17. The van der Waals surface area contributed by atoms with E-state index in [-0.39, 0.29) is 0 Å². The molecule has 20 heavy (non-hydrogen) atoms. The first-order valence-electron chi connectivity index (χ1n) is 7.68. The fraction of sp³-hybridized carbons (Fsp3) is 0.786. The summed E-state index contributed by atoms with van der Waals surface area (Å²) in [4.78, 5) is 21.2. The number of hydrogen-bond donors (Lipinski definition) is 0. The first-order valence-corrected chi connectivity index (χ1v) is 8.46. The third kappa shape index (κ3) is 2.53. The topological polar surface area (TPSA) is 49.3 Å². The number of carbonyl (C=O) groups is 1. The van der Waals surface area contributed by atoms with Gasteiger partial charge < -0.3 is 9.80 Å². The van der Waals surface area contributed by atoms with E-state index in [9.17, 15) is 4.79 Å². The minimum Gasteiger partial charge on any atom is -0.345 e. The lowest BCUT2D eigenvalue weighted by Crippen LogP contribution is -2.36. The SMILES string of the molecule is O=C(C1CC1)N1CCCN(c2nc(C3CC3)ns2)CC1. The van der Waals surface area contributed by atoms with Gasteiger partial charge in [0, 0.05) is 49.5 Å². The fourth-order valence-corrected chi connectivity index (χ4v) is 3.58. The number of carbonyl (C=O) groups excluding carboxylic acids is 1. The highest BCUT2D eigenvalue weighted by Crippen LogP contribution is 2.39. The maximum Gasteiger partial charge on any atom is 0.225 e. The quantitative estimate of drug-likeness (QED) is 0.853. The molecular weight excluding hydrogens is 272 g/mol. The first-order chi connectivity index (χ1) is 9.81. The number of aromatic nitrogens is 2. The highest BCUT2D eigenvalue weighted by atomic mass is 32.1. The molecule has 2 heterocycles. The molecule has 5 nitrogen and oxygen atoms in total. The van der Waals surface area contributed by atoms with Crippen LogP contribution in [0.25, 0.3) is 0 Å². The van der Waals surface area contributed by atoms with Crippen LogP contribution in [0.15, 0.2) is 0 Å². The molecule has 2 aliphatic carbocycles. The molecule has 1 aromatic rings. The van der Waals surface area contributed by atoms with Gasteiger partial charge in [-0.05, 0) is 32.1 Å². The molecule has 0 radical (unpaired) electrons. The number of amides is 1. The molecule has 1 saturated heterocycles. The van der Waals surface area contributed by atoms with Gasteiger partial charge in [-0.3, -0.25) is 4.79 Å². The van der Waals surface area contributed by atoms with Crippen LogP contribution in [-0.2, 0) is 4.79 Å². The average Bonchev–Trinajstić information content (AvgIpc) is 3.36. The molecule has 0 unspecified atom stereocenters. The summed E-state index contributed by atoms with van der Waals surface area (Å²) in [5, 5.41) is 1.05. The van der Waals surface area contributed by atoms with Crippen LogP contribution >= 0.6 is 11.5 Å². The van der Waals surface area contributed by atoms with E-state index in [1.807, 2.05) is 0 Å². The van der Waals surface area contributed by atoms with Gasteiger partial charge in [0.1, 0.15) is 5.82 Å². The molecule has 0 N–H and O–H groups in total. The van der Waals surface area contributed by atoms with Crippen molar-refractivity contribution in [2.24, 2.45) is 5.92 Å². The minimum absolute atomic E-state index is 0.338. The van der Waals surface area contributed by atoms with Gasteiger partial charge >= 0.3 is 0 Å². The van der Waals surface area contributed by atoms with E-state index in [1.54, 1.807) is 0 Å². The van der Waals surface area contributed by atoms with Crippen molar-refractivity contribution in [2.75, 3.05) is 31.1 Å². The Morgan fingerprint density at radius 2 is 1.95 bits per heavy atom. The predicted molar refractivity (Wildman–Crippen MR) is 78.0 cm³/mol. The van der Waals surface area contributed by atoms with E-state index in [1.165, 1.54) is 24.4 Å². The molecule has 108 valence electrons. The van der Waals surface area contributed by atoms with Crippen LogP contribution in [0.4, 0.5) is 5.13 Å². The molecule has 0 bridgehead atoms.